The molecule has 0 spiro atoms. The van der Waals surface area contributed by atoms with Gasteiger partial charge in [0.25, 0.3) is 0 Å². The smallest absolute Gasteiger partial charge is 0.189 e. The number of hydrogen-bond acceptors (Lipinski definition) is 6. The Balaban J connectivity index is 1.41. The molecule has 2 unspecified atom stereocenters. The highest BCUT2D eigenvalue weighted by Crippen LogP contribution is 2.66. The highest BCUT2D eigenvalue weighted by Gasteiger charge is 2.60. The van der Waals surface area contributed by atoms with Gasteiger partial charge in [-0.15, -0.1) is 0 Å². The van der Waals surface area contributed by atoms with E-state index in [1.165, 1.54) is 29.6 Å². The molecule has 37 heavy (non-hydrogen) atoms. The molecule has 0 amide bonds. The van der Waals surface area contributed by atoms with Crippen LogP contribution in [0.15, 0.2) is 35.4 Å². The van der Waals surface area contributed by atoms with Crippen molar-refractivity contribution in [2.75, 3.05) is 27.9 Å². The van der Waals surface area contributed by atoms with Gasteiger partial charge < -0.3 is 28.8 Å². The van der Waals surface area contributed by atoms with Crippen molar-refractivity contribution in [1.29, 1.82) is 0 Å². The number of benzene rings is 1. The Morgan fingerprint density at radius 3 is 2.32 bits per heavy atom. The van der Waals surface area contributed by atoms with E-state index in [-0.39, 0.29) is 18.0 Å². The van der Waals surface area contributed by atoms with Crippen molar-refractivity contribution in [3.05, 3.63) is 46.5 Å². The molecule has 0 bridgehead atoms. The molecular formula is C31H44O6. The lowest BCUT2D eigenvalue weighted by Crippen LogP contribution is -2.54. The monoisotopic (exact) mass is 512 g/mol. The molecule has 0 radical (unpaired) electrons. The second-order valence-electron chi connectivity index (χ2n) is 12.5. The molecular weight excluding hydrogens is 468 g/mol. The first-order valence-corrected chi connectivity index (χ1v) is 14.2. The molecule has 1 aromatic rings. The van der Waals surface area contributed by atoms with E-state index in [0.717, 1.165) is 44.3 Å². The maximum Gasteiger partial charge on any atom is 0.189 e. The number of aliphatic hydroxyl groups is 1. The van der Waals surface area contributed by atoms with Crippen LogP contribution in [-0.4, -0.2) is 50.7 Å². The summed E-state index contributed by atoms with van der Waals surface area (Å²) in [7, 11) is 5.25. The molecule has 1 N–H and O–H groups in total. The van der Waals surface area contributed by atoms with Crippen LogP contribution in [0.1, 0.15) is 88.5 Å². The maximum atomic E-state index is 12.1. The lowest BCUT2D eigenvalue weighted by Gasteiger charge is -2.56. The van der Waals surface area contributed by atoms with E-state index in [0.29, 0.717) is 30.1 Å². The number of ether oxygens (including phenoxy) is 5. The lowest BCUT2D eigenvalue weighted by atomic mass is 9.50. The van der Waals surface area contributed by atoms with Gasteiger partial charge in [0.2, 0.25) is 0 Å². The third-order valence-corrected chi connectivity index (χ3v) is 11.0. The van der Waals surface area contributed by atoms with Crippen LogP contribution in [-0.2, 0) is 23.7 Å². The minimum atomic E-state index is -0.865. The van der Waals surface area contributed by atoms with Gasteiger partial charge in [-0.1, -0.05) is 36.8 Å². The molecule has 1 saturated heterocycles. The van der Waals surface area contributed by atoms with Crippen molar-refractivity contribution in [3.63, 3.8) is 0 Å². The quantitative estimate of drug-likeness (QED) is 0.381. The molecule has 5 aliphatic rings. The number of rotatable bonds is 6. The SMILES string of the molecule is COC[C@@H]1CCC2C3CC[C@@]4(O)CC(OC)(OC)CCC4=C3[C@@H](c3ccc(C4OC(C)O4)cc3)C[C@@]21C. The predicted molar refractivity (Wildman–Crippen MR) is 140 cm³/mol. The molecule has 1 heterocycles. The van der Waals surface area contributed by atoms with E-state index < -0.39 is 11.4 Å². The van der Waals surface area contributed by atoms with Gasteiger partial charge in [0.1, 0.15) is 0 Å². The third kappa shape index (κ3) is 4.06. The molecule has 4 aliphatic carbocycles. The van der Waals surface area contributed by atoms with Gasteiger partial charge in [-0.25, -0.2) is 0 Å². The summed E-state index contributed by atoms with van der Waals surface area (Å²) in [4.78, 5) is 0. The molecule has 1 aliphatic heterocycles. The first kappa shape index (κ1) is 26.0. The van der Waals surface area contributed by atoms with Crippen molar-refractivity contribution in [2.45, 2.75) is 95.1 Å². The van der Waals surface area contributed by atoms with Crippen molar-refractivity contribution < 1.29 is 28.8 Å². The zero-order valence-electron chi connectivity index (χ0n) is 23.1. The Labute approximate surface area is 221 Å². The van der Waals surface area contributed by atoms with Gasteiger partial charge in [0.15, 0.2) is 18.4 Å². The molecule has 1 aromatic carbocycles. The first-order chi connectivity index (χ1) is 17.8. The molecule has 6 atom stereocenters. The van der Waals surface area contributed by atoms with Crippen LogP contribution in [0.3, 0.4) is 0 Å². The predicted octanol–water partition coefficient (Wildman–Crippen LogP) is 5.85. The van der Waals surface area contributed by atoms with Crippen LogP contribution in [0.25, 0.3) is 0 Å². The Morgan fingerprint density at radius 1 is 0.973 bits per heavy atom. The second kappa shape index (κ2) is 9.42. The number of allylic oxidation sites excluding steroid dienone is 1. The summed E-state index contributed by atoms with van der Waals surface area (Å²) in [5.41, 5.74) is 4.57. The fourth-order valence-electron chi connectivity index (χ4n) is 8.98. The molecule has 4 fully saturated rings. The zero-order valence-corrected chi connectivity index (χ0v) is 23.1. The Kier molecular flexibility index (Phi) is 6.62. The fourth-order valence-corrected chi connectivity index (χ4v) is 8.98. The van der Waals surface area contributed by atoms with E-state index in [1.807, 2.05) is 14.0 Å². The summed E-state index contributed by atoms with van der Waals surface area (Å²) < 4.78 is 28.9. The van der Waals surface area contributed by atoms with Crippen molar-refractivity contribution in [1.82, 2.24) is 0 Å². The van der Waals surface area contributed by atoms with E-state index in [1.54, 1.807) is 14.2 Å². The van der Waals surface area contributed by atoms with Gasteiger partial charge in [-0.2, -0.15) is 0 Å². The highest BCUT2D eigenvalue weighted by atomic mass is 16.9. The average Bonchev–Trinajstić information content (AvgIpc) is 3.21. The summed E-state index contributed by atoms with van der Waals surface area (Å²) in [6.45, 7) is 5.28. The third-order valence-electron chi connectivity index (χ3n) is 11.0. The summed E-state index contributed by atoms with van der Waals surface area (Å²) in [5.74, 6) is 1.32. The summed E-state index contributed by atoms with van der Waals surface area (Å²) in [6, 6.07) is 8.88. The van der Waals surface area contributed by atoms with Crippen molar-refractivity contribution in [3.8, 4) is 0 Å². The molecule has 6 nitrogen and oxygen atoms in total. The normalized spacial score (nSPS) is 42.5. The minimum Gasteiger partial charge on any atom is -0.385 e. The Bertz CT molecular complexity index is 1020. The summed E-state index contributed by atoms with van der Waals surface area (Å²) in [5, 5.41) is 12.1. The van der Waals surface area contributed by atoms with Crippen LogP contribution in [0.5, 0.6) is 0 Å². The maximum absolute atomic E-state index is 12.1. The summed E-state index contributed by atoms with van der Waals surface area (Å²) in [6.07, 6.45) is 7.11. The molecule has 3 saturated carbocycles. The highest BCUT2D eigenvalue weighted by molar-refractivity contribution is 5.44. The van der Waals surface area contributed by atoms with E-state index >= 15 is 0 Å². The van der Waals surface area contributed by atoms with Gasteiger partial charge in [0.05, 0.1) is 5.60 Å². The number of fused-ring (bicyclic) bond motifs is 4. The van der Waals surface area contributed by atoms with E-state index in [9.17, 15) is 5.11 Å². The van der Waals surface area contributed by atoms with Gasteiger partial charge in [-0.3, -0.25) is 0 Å². The largest absolute Gasteiger partial charge is 0.385 e. The standard InChI is InChI=1S/C31H44O6/c1-19-36-28(37-19)21-8-6-20(7-9-21)24-16-29(2)22(17-33-3)10-11-25(29)23-12-14-30(32)18-31(34-4,35-5)15-13-26(30)27(23)24/h6-9,19,22-25,28,32H,10-18H2,1-5H3/t19?,22-,23?,24+,25?,28?,29+,30+/m0/s1. The summed E-state index contributed by atoms with van der Waals surface area (Å²) >= 11 is 0. The van der Waals surface area contributed by atoms with Crippen LogP contribution in [0.4, 0.5) is 0 Å². The minimum absolute atomic E-state index is 0.134. The lowest BCUT2D eigenvalue weighted by molar-refractivity contribution is -0.382. The van der Waals surface area contributed by atoms with Gasteiger partial charge >= 0.3 is 0 Å². The molecule has 0 aromatic heterocycles. The fraction of sp³-hybridized carbons (Fsp3) is 0.742. The first-order valence-electron chi connectivity index (χ1n) is 14.2. The van der Waals surface area contributed by atoms with Crippen LogP contribution < -0.4 is 0 Å². The van der Waals surface area contributed by atoms with E-state index in [2.05, 4.69) is 31.2 Å². The van der Waals surface area contributed by atoms with Gasteiger partial charge in [0, 0.05) is 52.3 Å². The van der Waals surface area contributed by atoms with Crippen molar-refractivity contribution >= 4 is 0 Å². The van der Waals surface area contributed by atoms with Crippen LogP contribution in [0.2, 0.25) is 0 Å². The van der Waals surface area contributed by atoms with Gasteiger partial charge in [-0.05, 0) is 79.8 Å². The Hall–Kier alpha value is -1.28. The number of methoxy groups -OCH3 is 3. The Morgan fingerprint density at radius 2 is 1.68 bits per heavy atom. The van der Waals surface area contributed by atoms with Crippen molar-refractivity contribution in [2.24, 2.45) is 23.2 Å². The van der Waals surface area contributed by atoms with E-state index in [4.69, 9.17) is 23.7 Å². The topological polar surface area (TPSA) is 66.4 Å². The van der Waals surface area contributed by atoms with Crippen LogP contribution >= 0.6 is 0 Å². The molecule has 6 rings (SSSR count). The average molecular weight is 513 g/mol. The second-order valence-corrected chi connectivity index (χ2v) is 12.5. The molecule has 6 heteroatoms. The van der Waals surface area contributed by atoms with Crippen LogP contribution in [0, 0.1) is 23.2 Å². The molecule has 204 valence electrons. The number of hydrogen-bond donors (Lipinski definition) is 1. The zero-order chi connectivity index (χ0) is 26.0.